The first-order chi connectivity index (χ1) is 8.36. The molecule has 2 rings (SSSR count). The smallest absolute Gasteiger partial charge is 0.317 e. The molecule has 4 heteroatoms. The zero-order valence-electron chi connectivity index (χ0n) is 9.89. The van der Waals surface area contributed by atoms with Gasteiger partial charge in [-0.2, -0.15) is 0 Å². The summed E-state index contributed by atoms with van der Waals surface area (Å²) in [5.74, 6) is 0. The van der Waals surface area contributed by atoms with Crippen molar-refractivity contribution < 1.29 is 9.53 Å². The number of nitrogens with zero attached hydrogens (tertiary/aromatic N) is 1. The van der Waals surface area contributed by atoms with Gasteiger partial charge in [-0.3, -0.25) is 0 Å². The van der Waals surface area contributed by atoms with E-state index in [1.165, 1.54) is 0 Å². The molecule has 1 aromatic carbocycles. The lowest BCUT2D eigenvalue weighted by atomic mass is 10.2. The number of carbonyl (C=O) groups excluding carboxylic acids is 1. The minimum atomic E-state index is -0.000599. The van der Waals surface area contributed by atoms with Crippen LogP contribution in [0.3, 0.4) is 0 Å². The first-order valence-electron chi connectivity index (χ1n) is 6.01. The fourth-order valence-corrected chi connectivity index (χ4v) is 1.83. The maximum Gasteiger partial charge on any atom is 0.317 e. The summed E-state index contributed by atoms with van der Waals surface area (Å²) in [6, 6.07) is 9.93. The third-order valence-electron chi connectivity index (χ3n) is 2.80. The quantitative estimate of drug-likeness (QED) is 0.844. The van der Waals surface area contributed by atoms with Crippen LogP contribution in [-0.4, -0.2) is 37.2 Å². The van der Waals surface area contributed by atoms with Crippen LogP contribution >= 0.6 is 0 Å². The maximum atomic E-state index is 11.9. The van der Waals surface area contributed by atoms with Gasteiger partial charge >= 0.3 is 6.03 Å². The fraction of sp³-hybridized carbons (Fsp3) is 0.462. The molecule has 92 valence electrons. The van der Waals surface area contributed by atoms with Gasteiger partial charge in [0.05, 0.1) is 6.61 Å². The highest BCUT2D eigenvalue weighted by molar-refractivity contribution is 5.74. The van der Waals surface area contributed by atoms with E-state index in [0.717, 1.165) is 25.1 Å². The molecule has 1 saturated heterocycles. The Morgan fingerprint density at radius 1 is 1.24 bits per heavy atom. The highest BCUT2D eigenvalue weighted by atomic mass is 16.5. The second-order valence-corrected chi connectivity index (χ2v) is 4.10. The minimum Gasteiger partial charge on any atom is -0.380 e. The summed E-state index contributed by atoms with van der Waals surface area (Å²) in [4.78, 5) is 13.7. The van der Waals surface area contributed by atoms with Crippen molar-refractivity contribution in [2.45, 2.75) is 13.0 Å². The summed E-state index contributed by atoms with van der Waals surface area (Å²) < 4.78 is 5.32. The Morgan fingerprint density at radius 2 is 2.06 bits per heavy atom. The second kappa shape index (κ2) is 6.25. The zero-order chi connectivity index (χ0) is 11.9. The molecular weight excluding hydrogens is 216 g/mol. The Labute approximate surface area is 102 Å². The number of hydrogen-bond acceptors (Lipinski definition) is 2. The van der Waals surface area contributed by atoms with Crippen LogP contribution in [-0.2, 0) is 11.3 Å². The predicted molar refractivity (Wildman–Crippen MR) is 65.7 cm³/mol. The number of rotatable bonds is 2. The van der Waals surface area contributed by atoms with Crippen LogP contribution < -0.4 is 5.32 Å². The van der Waals surface area contributed by atoms with Crippen molar-refractivity contribution >= 4 is 6.03 Å². The molecular formula is C13H18N2O2. The molecule has 0 unspecified atom stereocenters. The molecule has 0 saturated carbocycles. The van der Waals surface area contributed by atoms with Gasteiger partial charge in [-0.25, -0.2) is 4.79 Å². The molecule has 17 heavy (non-hydrogen) atoms. The van der Waals surface area contributed by atoms with Crippen LogP contribution in [0.4, 0.5) is 4.79 Å². The van der Waals surface area contributed by atoms with Crippen LogP contribution in [0.1, 0.15) is 12.0 Å². The lowest BCUT2D eigenvalue weighted by Crippen LogP contribution is -2.40. The maximum absolute atomic E-state index is 11.9. The van der Waals surface area contributed by atoms with Gasteiger partial charge in [0.25, 0.3) is 0 Å². The van der Waals surface area contributed by atoms with Gasteiger partial charge in [0.15, 0.2) is 0 Å². The summed E-state index contributed by atoms with van der Waals surface area (Å²) in [7, 11) is 0. The molecule has 1 N–H and O–H groups in total. The van der Waals surface area contributed by atoms with Crippen LogP contribution in [0.5, 0.6) is 0 Å². The van der Waals surface area contributed by atoms with E-state index in [9.17, 15) is 4.79 Å². The molecule has 1 heterocycles. The van der Waals surface area contributed by atoms with Crippen LogP contribution in [0.25, 0.3) is 0 Å². The number of benzene rings is 1. The Morgan fingerprint density at radius 3 is 2.88 bits per heavy atom. The van der Waals surface area contributed by atoms with E-state index in [0.29, 0.717) is 19.7 Å². The Hall–Kier alpha value is -1.55. The summed E-state index contributed by atoms with van der Waals surface area (Å²) in [6.45, 7) is 3.43. The van der Waals surface area contributed by atoms with Crippen molar-refractivity contribution in [1.82, 2.24) is 10.2 Å². The minimum absolute atomic E-state index is 0.000599. The molecule has 2 amide bonds. The third kappa shape index (κ3) is 3.75. The molecule has 0 bridgehead atoms. The van der Waals surface area contributed by atoms with E-state index >= 15 is 0 Å². The number of nitrogens with one attached hydrogen (secondary N) is 1. The van der Waals surface area contributed by atoms with Crippen LogP contribution in [0.15, 0.2) is 30.3 Å². The normalized spacial score (nSPS) is 16.4. The van der Waals surface area contributed by atoms with E-state index in [2.05, 4.69) is 5.32 Å². The van der Waals surface area contributed by atoms with Gasteiger partial charge in [0.1, 0.15) is 0 Å². The number of urea groups is 1. The molecule has 1 aliphatic heterocycles. The largest absolute Gasteiger partial charge is 0.380 e. The number of amides is 2. The monoisotopic (exact) mass is 234 g/mol. The standard InChI is InChI=1S/C13H18N2O2/c16-13(15-7-4-9-17-10-8-15)14-11-12-5-2-1-3-6-12/h1-3,5-6H,4,7-11H2,(H,14,16). The van der Waals surface area contributed by atoms with Gasteiger partial charge in [0.2, 0.25) is 0 Å². The van der Waals surface area contributed by atoms with Gasteiger partial charge in [-0.05, 0) is 12.0 Å². The molecule has 0 aromatic heterocycles. The van der Waals surface area contributed by atoms with E-state index in [1.807, 2.05) is 35.2 Å². The molecule has 0 aliphatic carbocycles. The van der Waals surface area contributed by atoms with Crippen molar-refractivity contribution in [3.05, 3.63) is 35.9 Å². The number of carbonyl (C=O) groups is 1. The second-order valence-electron chi connectivity index (χ2n) is 4.10. The van der Waals surface area contributed by atoms with Crippen molar-refractivity contribution in [1.29, 1.82) is 0 Å². The Balaban J connectivity index is 1.80. The first-order valence-corrected chi connectivity index (χ1v) is 6.01. The molecule has 0 atom stereocenters. The Kier molecular flexibility index (Phi) is 4.38. The molecule has 1 fully saturated rings. The topological polar surface area (TPSA) is 41.6 Å². The van der Waals surface area contributed by atoms with E-state index in [1.54, 1.807) is 0 Å². The average Bonchev–Trinajstić information content (AvgIpc) is 2.66. The SMILES string of the molecule is O=C(NCc1ccccc1)N1CCCOCC1. The highest BCUT2D eigenvalue weighted by Gasteiger charge is 2.14. The molecule has 0 spiro atoms. The van der Waals surface area contributed by atoms with Crippen molar-refractivity contribution in [3.8, 4) is 0 Å². The van der Waals surface area contributed by atoms with Crippen molar-refractivity contribution in [2.75, 3.05) is 26.3 Å². The third-order valence-corrected chi connectivity index (χ3v) is 2.80. The number of ether oxygens (including phenoxy) is 1. The zero-order valence-corrected chi connectivity index (χ0v) is 9.89. The van der Waals surface area contributed by atoms with Crippen molar-refractivity contribution in [3.63, 3.8) is 0 Å². The summed E-state index contributed by atoms with van der Waals surface area (Å²) in [5, 5.41) is 2.93. The summed E-state index contributed by atoms with van der Waals surface area (Å²) in [6.07, 6.45) is 0.915. The molecule has 1 aliphatic rings. The lowest BCUT2D eigenvalue weighted by molar-refractivity contribution is 0.142. The van der Waals surface area contributed by atoms with Gasteiger partial charge in [-0.1, -0.05) is 30.3 Å². The number of hydrogen-bond donors (Lipinski definition) is 1. The molecule has 0 radical (unpaired) electrons. The average molecular weight is 234 g/mol. The molecule has 4 nitrogen and oxygen atoms in total. The van der Waals surface area contributed by atoms with E-state index in [-0.39, 0.29) is 6.03 Å². The van der Waals surface area contributed by atoms with Crippen LogP contribution in [0, 0.1) is 0 Å². The summed E-state index contributed by atoms with van der Waals surface area (Å²) >= 11 is 0. The Bertz CT molecular complexity index is 346. The molecule has 1 aromatic rings. The van der Waals surface area contributed by atoms with Gasteiger partial charge in [-0.15, -0.1) is 0 Å². The lowest BCUT2D eigenvalue weighted by Gasteiger charge is -2.20. The van der Waals surface area contributed by atoms with Gasteiger partial charge in [0, 0.05) is 26.2 Å². The highest BCUT2D eigenvalue weighted by Crippen LogP contribution is 2.01. The van der Waals surface area contributed by atoms with E-state index in [4.69, 9.17) is 4.74 Å². The first kappa shape index (κ1) is 11.9. The fourth-order valence-electron chi connectivity index (χ4n) is 1.83. The van der Waals surface area contributed by atoms with Gasteiger partial charge < -0.3 is 15.0 Å². The summed E-state index contributed by atoms with van der Waals surface area (Å²) in [5.41, 5.74) is 1.12. The van der Waals surface area contributed by atoms with Crippen molar-refractivity contribution in [2.24, 2.45) is 0 Å². The van der Waals surface area contributed by atoms with E-state index < -0.39 is 0 Å². The predicted octanol–water partition coefficient (Wildman–Crippen LogP) is 1.62. The van der Waals surface area contributed by atoms with Crippen LogP contribution in [0.2, 0.25) is 0 Å².